The van der Waals surface area contributed by atoms with Crippen LogP contribution >= 0.6 is 23.2 Å². The lowest BCUT2D eigenvalue weighted by molar-refractivity contribution is 0.507. The van der Waals surface area contributed by atoms with Crippen LogP contribution in [-0.2, 0) is 6.54 Å². The van der Waals surface area contributed by atoms with E-state index in [2.05, 4.69) is 17.3 Å². The second kappa shape index (κ2) is 6.23. The fourth-order valence-corrected chi connectivity index (χ4v) is 2.25. The second-order valence-corrected chi connectivity index (χ2v) is 4.95. The number of hydrogen-bond acceptors (Lipinski definition) is 2. The SMILES string of the molecule is CC(NCCn1cccn1)c1cc(Cl)ccc1Cl. The average Bonchev–Trinajstić information content (AvgIpc) is 2.85. The summed E-state index contributed by atoms with van der Waals surface area (Å²) in [4.78, 5) is 0. The van der Waals surface area contributed by atoms with Gasteiger partial charge in [0.1, 0.15) is 0 Å². The van der Waals surface area contributed by atoms with E-state index in [1.807, 2.05) is 29.1 Å². The molecule has 0 radical (unpaired) electrons. The van der Waals surface area contributed by atoms with Gasteiger partial charge in [0, 0.05) is 35.0 Å². The van der Waals surface area contributed by atoms with E-state index in [4.69, 9.17) is 23.2 Å². The van der Waals surface area contributed by atoms with Crippen molar-refractivity contribution in [2.24, 2.45) is 0 Å². The molecule has 0 fully saturated rings. The zero-order valence-corrected chi connectivity index (χ0v) is 11.6. The molecule has 0 aliphatic carbocycles. The highest BCUT2D eigenvalue weighted by atomic mass is 35.5. The monoisotopic (exact) mass is 283 g/mol. The largest absolute Gasteiger partial charge is 0.308 e. The number of halogens is 2. The van der Waals surface area contributed by atoms with E-state index in [0.717, 1.165) is 23.7 Å². The molecule has 1 aromatic heterocycles. The van der Waals surface area contributed by atoms with Crippen LogP contribution in [0.4, 0.5) is 0 Å². The summed E-state index contributed by atoms with van der Waals surface area (Å²) in [5.74, 6) is 0. The van der Waals surface area contributed by atoms with Crippen LogP contribution in [0.1, 0.15) is 18.5 Å². The van der Waals surface area contributed by atoms with Crippen LogP contribution in [-0.4, -0.2) is 16.3 Å². The summed E-state index contributed by atoms with van der Waals surface area (Å²) >= 11 is 12.1. The third-order valence-electron chi connectivity index (χ3n) is 2.78. The van der Waals surface area contributed by atoms with Gasteiger partial charge in [-0.3, -0.25) is 4.68 Å². The molecule has 1 heterocycles. The van der Waals surface area contributed by atoms with Crippen LogP contribution < -0.4 is 5.32 Å². The van der Waals surface area contributed by atoms with Crippen molar-refractivity contribution in [2.45, 2.75) is 19.5 Å². The molecule has 0 bridgehead atoms. The first-order valence-corrected chi connectivity index (χ1v) is 6.58. The first-order valence-electron chi connectivity index (χ1n) is 5.82. The van der Waals surface area contributed by atoms with Crippen LogP contribution in [0.25, 0.3) is 0 Å². The van der Waals surface area contributed by atoms with Crippen LogP contribution in [0.2, 0.25) is 10.0 Å². The minimum atomic E-state index is 0.159. The molecule has 5 heteroatoms. The molecule has 2 rings (SSSR count). The summed E-state index contributed by atoms with van der Waals surface area (Å²) in [7, 11) is 0. The third kappa shape index (κ3) is 3.48. The van der Waals surface area contributed by atoms with Crippen molar-refractivity contribution in [3.05, 3.63) is 52.3 Å². The van der Waals surface area contributed by atoms with Crippen molar-refractivity contribution in [1.82, 2.24) is 15.1 Å². The van der Waals surface area contributed by atoms with Gasteiger partial charge in [-0.05, 0) is 36.8 Å². The molecule has 0 spiro atoms. The minimum absolute atomic E-state index is 0.159. The lowest BCUT2D eigenvalue weighted by Gasteiger charge is -2.16. The Bertz CT molecular complexity index is 497. The normalized spacial score (nSPS) is 12.6. The zero-order valence-electron chi connectivity index (χ0n) is 10.1. The average molecular weight is 284 g/mol. The Morgan fingerprint density at radius 3 is 2.94 bits per heavy atom. The second-order valence-electron chi connectivity index (χ2n) is 4.11. The molecule has 2 aromatic rings. The Balaban J connectivity index is 1.91. The Morgan fingerprint density at radius 1 is 1.39 bits per heavy atom. The van der Waals surface area contributed by atoms with Crippen molar-refractivity contribution >= 4 is 23.2 Å². The highest BCUT2D eigenvalue weighted by Gasteiger charge is 2.09. The Kier molecular flexibility index (Phi) is 4.64. The van der Waals surface area contributed by atoms with Crippen molar-refractivity contribution in [3.8, 4) is 0 Å². The van der Waals surface area contributed by atoms with Crippen LogP contribution in [0, 0.1) is 0 Å². The summed E-state index contributed by atoms with van der Waals surface area (Å²) in [5.41, 5.74) is 1.02. The molecule has 0 saturated carbocycles. The van der Waals surface area contributed by atoms with Crippen molar-refractivity contribution < 1.29 is 0 Å². The molecule has 1 unspecified atom stereocenters. The molecule has 1 aromatic carbocycles. The van der Waals surface area contributed by atoms with Gasteiger partial charge in [-0.15, -0.1) is 0 Å². The molecular weight excluding hydrogens is 269 g/mol. The highest BCUT2D eigenvalue weighted by Crippen LogP contribution is 2.25. The molecule has 1 atom stereocenters. The molecular formula is C13H15Cl2N3. The van der Waals surface area contributed by atoms with Gasteiger partial charge in [0.05, 0.1) is 6.54 Å². The van der Waals surface area contributed by atoms with E-state index in [9.17, 15) is 0 Å². The fraction of sp³-hybridized carbons (Fsp3) is 0.308. The van der Waals surface area contributed by atoms with Gasteiger partial charge >= 0.3 is 0 Å². The maximum Gasteiger partial charge on any atom is 0.0534 e. The van der Waals surface area contributed by atoms with E-state index in [1.54, 1.807) is 12.3 Å². The number of rotatable bonds is 5. The molecule has 18 heavy (non-hydrogen) atoms. The molecule has 0 aliphatic rings. The Labute approximate surface area is 117 Å². The molecule has 1 N–H and O–H groups in total. The third-order valence-corrected chi connectivity index (χ3v) is 3.35. The zero-order chi connectivity index (χ0) is 13.0. The number of benzene rings is 1. The molecule has 0 aliphatic heterocycles. The Morgan fingerprint density at radius 2 is 2.22 bits per heavy atom. The smallest absolute Gasteiger partial charge is 0.0534 e. The predicted octanol–water partition coefficient (Wildman–Crippen LogP) is 3.54. The molecule has 96 valence electrons. The lowest BCUT2D eigenvalue weighted by Crippen LogP contribution is -2.23. The van der Waals surface area contributed by atoms with Crippen molar-refractivity contribution in [2.75, 3.05) is 6.54 Å². The van der Waals surface area contributed by atoms with E-state index in [1.165, 1.54) is 0 Å². The van der Waals surface area contributed by atoms with Gasteiger partial charge in [-0.2, -0.15) is 5.10 Å². The van der Waals surface area contributed by atoms with Crippen LogP contribution in [0.3, 0.4) is 0 Å². The summed E-state index contributed by atoms with van der Waals surface area (Å²) in [6, 6.07) is 7.59. The van der Waals surface area contributed by atoms with Crippen molar-refractivity contribution in [3.63, 3.8) is 0 Å². The number of nitrogens with one attached hydrogen (secondary N) is 1. The minimum Gasteiger partial charge on any atom is -0.308 e. The van der Waals surface area contributed by atoms with Gasteiger partial charge in [-0.1, -0.05) is 23.2 Å². The van der Waals surface area contributed by atoms with Crippen molar-refractivity contribution in [1.29, 1.82) is 0 Å². The molecule has 0 saturated heterocycles. The topological polar surface area (TPSA) is 29.9 Å². The quantitative estimate of drug-likeness (QED) is 0.910. The summed E-state index contributed by atoms with van der Waals surface area (Å²) in [6.07, 6.45) is 3.72. The van der Waals surface area contributed by atoms with E-state index in [-0.39, 0.29) is 6.04 Å². The highest BCUT2D eigenvalue weighted by molar-refractivity contribution is 6.33. The maximum absolute atomic E-state index is 6.15. The van der Waals surface area contributed by atoms with Gasteiger partial charge in [0.25, 0.3) is 0 Å². The number of aromatic nitrogens is 2. The van der Waals surface area contributed by atoms with Gasteiger partial charge in [-0.25, -0.2) is 0 Å². The first-order chi connectivity index (χ1) is 8.66. The summed E-state index contributed by atoms with van der Waals surface area (Å²) in [5, 5.41) is 8.99. The number of nitrogens with zero attached hydrogens (tertiary/aromatic N) is 2. The fourth-order valence-electron chi connectivity index (χ4n) is 1.78. The molecule has 0 amide bonds. The standard InChI is InChI=1S/C13H15Cl2N3/c1-10(12-9-11(14)3-4-13(12)15)16-6-8-18-7-2-5-17-18/h2-5,7,9-10,16H,6,8H2,1H3. The summed E-state index contributed by atoms with van der Waals surface area (Å²) in [6.45, 7) is 3.72. The molecule has 3 nitrogen and oxygen atoms in total. The lowest BCUT2D eigenvalue weighted by atomic mass is 10.1. The van der Waals surface area contributed by atoms with Gasteiger partial charge < -0.3 is 5.32 Å². The van der Waals surface area contributed by atoms with E-state index < -0.39 is 0 Å². The number of hydrogen-bond donors (Lipinski definition) is 1. The first kappa shape index (κ1) is 13.4. The van der Waals surface area contributed by atoms with Gasteiger partial charge in [0.2, 0.25) is 0 Å². The van der Waals surface area contributed by atoms with Crippen LogP contribution in [0.5, 0.6) is 0 Å². The maximum atomic E-state index is 6.15. The van der Waals surface area contributed by atoms with Crippen LogP contribution in [0.15, 0.2) is 36.7 Å². The Hall–Kier alpha value is -1.03. The van der Waals surface area contributed by atoms with E-state index >= 15 is 0 Å². The van der Waals surface area contributed by atoms with E-state index in [0.29, 0.717) is 5.02 Å². The summed E-state index contributed by atoms with van der Waals surface area (Å²) < 4.78 is 1.89. The van der Waals surface area contributed by atoms with Gasteiger partial charge in [0.15, 0.2) is 0 Å². The predicted molar refractivity (Wildman–Crippen MR) is 75.1 cm³/mol.